The van der Waals surface area contributed by atoms with E-state index in [9.17, 15) is 18.0 Å². The third kappa shape index (κ3) is 2.77. The summed E-state index contributed by atoms with van der Waals surface area (Å²) in [5, 5.41) is 2.51. The molecule has 1 aliphatic heterocycles. The molecule has 1 spiro atoms. The largest absolute Gasteiger partial charge is 0.322 e. The van der Waals surface area contributed by atoms with Gasteiger partial charge in [0, 0.05) is 11.8 Å². The summed E-state index contributed by atoms with van der Waals surface area (Å²) in [7, 11) is 0. The minimum absolute atomic E-state index is 0.0186. The van der Waals surface area contributed by atoms with Crippen LogP contribution in [-0.4, -0.2) is 36.4 Å². The Bertz CT molecular complexity index is 554. The van der Waals surface area contributed by atoms with Gasteiger partial charge in [-0.2, -0.15) is 0 Å². The van der Waals surface area contributed by atoms with Crippen LogP contribution >= 0.6 is 0 Å². The molecule has 1 aliphatic carbocycles. The smallest absolute Gasteiger partial charge is 0.254 e. The lowest BCUT2D eigenvalue weighted by atomic mass is 9.93. The van der Waals surface area contributed by atoms with Crippen LogP contribution in [0.2, 0.25) is 0 Å². The van der Waals surface area contributed by atoms with Crippen molar-refractivity contribution in [3.05, 3.63) is 30.1 Å². The highest BCUT2D eigenvalue weighted by Crippen LogP contribution is 2.65. The molecular weight excluding hydrogens is 281 g/mol. The molecule has 0 unspecified atom stereocenters. The topological polar surface area (TPSA) is 32.3 Å². The first-order valence-corrected chi connectivity index (χ1v) is 7.06. The van der Waals surface area contributed by atoms with Gasteiger partial charge in [0.2, 0.25) is 5.91 Å². The maximum atomic E-state index is 13.4. The molecule has 3 rings (SSSR count). The van der Waals surface area contributed by atoms with Gasteiger partial charge in [-0.25, -0.2) is 13.2 Å². The molecule has 1 aromatic carbocycles. The number of hydrogen-bond acceptors (Lipinski definition) is 2. The second kappa shape index (κ2) is 5.02. The normalized spacial score (nSPS) is 23.0. The average molecular weight is 298 g/mol. The van der Waals surface area contributed by atoms with Gasteiger partial charge in [0.25, 0.3) is 5.92 Å². The molecule has 1 saturated heterocycles. The van der Waals surface area contributed by atoms with Gasteiger partial charge in [-0.3, -0.25) is 9.69 Å². The number of amides is 1. The predicted octanol–water partition coefficient (Wildman–Crippen LogP) is 2.89. The summed E-state index contributed by atoms with van der Waals surface area (Å²) >= 11 is 0. The molecule has 1 amide bonds. The quantitative estimate of drug-likeness (QED) is 0.930. The highest BCUT2D eigenvalue weighted by molar-refractivity contribution is 5.92. The zero-order chi connectivity index (χ0) is 15.1. The number of halogens is 3. The van der Waals surface area contributed by atoms with Gasteiger partial charge in [0.15, 0.2) is 0 Å². The van der Waals surface area contributed by atoms with E-state index in [1.165, 1.54) is 12.1 Å². The second-order valence-corrected chi connectivity index (χ2v) is 5.97. The van der Waals surface area contributed by atoms with Crippen LogP contribution < -0.4 is 5.32 Å². The number of nitrogens with one attached hydrogen (secondary N) is 1. The third-order valence-corrected chi connectivity index (χ3v) is 4.54. The van der Waals surface area contributed by atoms with Crippen molar-refractivity contribution in [3.63, 3.8) is 0 Å². The first-order chi connectivity index (χ1) is 9.92. The van der Waals surface area contributed by atoms with Gasteiger partial charge in [-0.05, 0) is 38.1 Å². The van der Waals surface area contributed by atoms with Crippen molar-refractivity contribution < 1.29 is 18.0 Å². The molecule has 2 aliphatic rings. The molecule has 6 heteroatoms. The Hall–Kier alpha value is -1.56. The van der Waals surface area contributed by atoms with Crippen LogP contribution in [0.3, 0.4) is 0 Å². The molecule has 0 aromatic heterocycles. The Kier molecular flexibility index (Phi) is 3.43. The zero-order valence-electron chi connectivity index (χ0n) is 11.5. The van der Waals surface area contributed by atoms with Gasteiger partial charge in [0.05, 0.1) is 12.2 Å². The summed E-state index contributed by atoms with van der Waals surface area (Å²) in [6.07, 6.45) is 0.829. The van der Waals surface area contributed by atoms with E-state index < -0.39 is 17.2 Å². The lowest BCUT2D eigenvalue weighted by molar-refractivity contribution is -0.117. The molecule has 1 saturated carbocycles. The van der Waals surface area contributed by atoms with E-state index in [0.717, 1.165) is 0 Å². The fourth-order valence-electron chi connectivity index (χ4n) is 3.02. The van der Waals surface area contributed by atoms with Crippen LogP contribution in [0.4, 0.5) is 18.9 Å². The minimum Gasteiger partial charge on any atom is -0.322 e. The fraction of sp³-hybridized carbons (Fsp3) is 0.533. The highest BCUT2D eigenvalue weighted by Gasteiger charge is 2.70. The molecule has 0 radical (unpaired) electrons. The van der Waals surface area contributed by atoms with Crippen LogP contribution in [0.15, 0.2) is 24.3 Å². The number of hydrogen-bond donors (Lipinski definition) is 1. The number of rotatable bonds is 3. The van der Waals surface area contributed by atoms with Gasteiger partial charge < -0.3 is 5.32 Å². The van der Waals surface area contributed by atoms with Crippen molar-refractivity contribution in [1.29, 1.82) is 0 Å². The Morgan fingerprint density at radius 2 is 1.86 bits per heavy atom. The summed E-state index contributed by atoms with van der Waals surface area (Å²) in [6, 6.07) is 5.95. The first-order valence-electron chi connectivity index (χ1n) is 7.06. The van der Waals surface area contributed by atoms with Crippen molar-refractivity contribution in [2.45, 2.75) is 25.2 Å². The van der Waals surface area contributed by atoms with E-state index in [4.69, 9.17) is 0 Å². The number of carbonyl (C=O) groups is 1. The number of para-hydroxylation sites is 1. The van der Waals surface area contributed by atoms with Crippen LogP contribution in [0.25, 0.3) is 0 Å². The number of anilines is 1. The third-order valence-electron chi connectivity index (χ3n) is 4.54. The van der Waals surface area contributed by atoms with E-state index in [0.29, 0.717) is 25.9 Å². The molecule has 2 fully saturated rings. The molecule has 0 atom stereocenters. The number of likely N-dealkylation sites (tertiary alicyclic amines) is 1. The van der Waals surface area contributed by atoms with Gasteiger partial charge in [0.1, 0.15) is 5.82 Å². The first kappa shape index (κ1) is 14.4. The number of piperidine rings is 1. The second-order valence-electron chi connectivity index (χ2n) is 5.97. The van der Waals surface area contributed by atoms with E-state index in [1.807, 2.05) is 4.90 Å². The summed E-state index contributed by atoms with van der Waals surface area (Å²) in [5.74, 6) is -3.33. The summed E-state index contributed by atoms with van der Waals surface area (Å²) < 4.78 is 39.9. The molecule has 21 heavy (non-hydrogen) atoms. The van der Waals surface area contributed by atoms with E-state index in [-0.39, 0.29) is 24.6 Å². The summed E-state index contributed by atoms with van der Waals surface area (Å²) in [6.45, 7) is 1.08. The van der Waals surface area contributed by atoms with Gasteiger partial charge in [-0.1, -0.05) is 12.1 Å². The Labute approximate surface area is 121 Å². The highest BCUT2D eigenvalue weighted by atomic mass is 19.3. The van der Waals surface area contributed by atoms with E-state index in [1.54, 1.807) is 12.1 Å². The van der Waals surface area contributed by atoms with Gasteiger partial charge in [-0.15, -0.1) is 0 Å². The lowest BCUT2D eigenvalue weighted by Gasteiger charge is -2.31. The van der Waals surface area contributed by atoms with Crippen LogP contribution in [0, 0.1) is 11.2 Å². The monoisotopic (exact) mass is 298 g/mol. The Morgan fingerprint density at radius 3 is 2.43 bits per heavy atom. The number of carbonyl (C=O) groups excluding carboxylic acids is 1. The van der Waals surface area contributed by atoms with E-state index in [2.05, 4.69) is 5.32 Å². The standard InChI is InChI=1S/C15H17F3N2O/c16-11-3-1-2-4-12(11)19-13(21)9-20-7-5-14(6-8-20)10-15(14,17)18/h1-4H,5-10H2,(H,19,21). The van der Waals surface area contributed by atoms with Gasteiger partial charge >= 0.3 is 0 Å². The summed E-state index contributed by atoms with van der Waals surface area (Å²) in [5.41, 5.74) is -0.671. The molecular formula is C15H17F3N2O. The van der Waals surface area contributed by atoms with Crippen molar-refractivity contribution in [1.82, 2.24) is 4.90 Å². The van der Waals surface area contributed by atoms with Crippen LogP contribution in [0.5, 0.6) is 0 Å². The Morgan fingerprint density at radius 1 is 1.24 bits per heavy atom. The number of nitrogens with zero attached hydrogens (tertiary/aromatic N) is 1. The SMILES string of the molecule is O=C(CN1CCC2(CC1)CC2(F)F)Nc1ccccc1F. The van der Waals surface area contributed by atoms with Crippen molar-refractivity contribution >= 4 is 11.6 Å². The maximum Gasteiger partial charge on any atom is 0.254 e. The predicted molar refractivity (Wildman–Crippen MR) is 72.7 cm³/mol. The van der Waals surface area contributed by atoms with Crippen LogP contribution in [-0.2, 0) is 4.79 Å². The van der Waals surface area contributed by atoms with Crippen molar-refractivity contribution in [2.75, 3.05) is 25.0 Å². The van der Waals surface area contributed by atoms with Crippen molar-refractivity contribution in [2.24, 2.45) is 5.41 Å². The zero-order valence-corrected chi connectivity index (χ0v) is 11.5. The summed E-state index contributed by atoms with van der Waals surface area (Å²) in [4.78, 5) is 13.7. The minimum atomic E-state index is -2.52. The molecule has 114 valence electrons. The number of benzene rings is 1. The molecule has 1 heterocycles. The average Bonchev–Trinajstić information content (AvgIpc) is 2.96. The lowest BCUT2D eigenvalue weighted by Crippen LogP contribution is -2.41. The molecule has 3 nitrogen and oxygen atoms in total. The van der Waals surface area contributed by atoms with Crippen LogP contribution in [0.1, 0.15) is 19.3 Å². The Balaban J connectivity index is 1.50. The maximum absolute atomic E-state index is 13.4. The van der Waals surface area contributed by atoms with Crippen molar-refractivity contribution in [3.8, 4) is 0 Å². The fourth-order valence-corrected chi connectivity index (χ4v) is 3.02. The number of alkyl halides is 2. The van der Waals surface area contributed by atoms with E-state index >= 15 is 0 Å². The molecule has 0 bridgehead atoms. The molecule has 1 aromatic rings. The molecule has 1 N–H and O–H groups in total.